The highest BCUT2D eigenvalue weighted by atomic mass is 16.2. The van der Waals surface area contributed by atoms with Gasteiger partial charge in [0.15, 0.2) is 0 Å². The van der Waals surface area contributed by atoms with E-state index in [9.17, 15) is 9.59 Å². The average Bonchev–Trinajstić information content (AvgIpc) is 2.22. The lowest BCUT2D eigenvalue weighted by molar-refractivity contribution is -0.114. The molecule has 0 radical (unpaired) electrons. The molecule has 0 aliphatic heterocycles. The van der Waals surface area contributed by atoms with Crippen LogP contribution in [0.15, 0.2) is 35.4 Å². The van der Waals surface area contributed by atoms with Gasteiger partial charge in [-0.1, -0.05) is 6.07 Å². The molecule has 0 unspecified atom stereocenters. The van der Waals surface area contributed by atoms with Gasteiger partial charge in [-0.05, 0) is 12.1 Å². The molecular weight excluding hydrogens is 194 g/mol. The summed E-state index contributed by atoms with van der Waals surface area (Å²) in [6, 6.07) is 5.24. The maximum atomic E-state index is 11.8. The lowest BCUT2D eigenvalue weighted by atomic mass is 10.4. The molecule has 5 heteroatoms. The van der Waals surface area contributed by atoms with Gasteiger partial charge in [0, 0.05) is 13.1 Å². The van der Waals surface area contributed by atoms with Crippen molar-refractivity contribution in [3.63, 3.8) is 0 Å². The van der Waals surface area contributed by atoms with E-state index in [0.29, 0.717) is 5.65 Å². The van der Waals surface area contributed by atoms with E-state index in [0.717, 1.165) is 0 Å². The van der Waals surface area contributed by atoms with Crippen LogP contribution in [0.25, 0.3) is 5.65 Å². The second-order valence-electron chi connectivity index (χ2n) is 3.09. The summed E-state index contributed by atoms with van der Waals surface area (Å²) in [5, 5.41) is 2.43. The number of pyridine rings is 1. The van der Waals surface area contributed by atoms with Crippen LogP contribution < -0.4 is 10.9 Å². The van der Waals surface area contributed by atoms with Crippen LogP contribution in [-0.2, 0) is 4.79 Å². The van der Waals surface area contributed by atoms with Gasteiger partial charge in [-0.3, -0.25) is 14.0 Å². The number of anilines is 1. The summed E-state index contributed by atoms with van der Waals surface area (Å²) < 4.78 is 1.38. The van der Waals surface area contributed by atoms with Crippen LogP contribution in [0.4, 0.5) is 5.69 Å². The first-order valence-corrected chi connectivity index (χ1v) is 4.42. The Hall–Kier alpha value is -2.17. The smallest absolute Gasteiger partial charge is 0.281 e. The van der Waals surface area contributed by atoms with E-state index in [1.165, 1.54) is 17.5 Å². The third-order valence-electron chi connectivity index (χ3n) is 1.92. The molecule has 0 aromatic carbocycles. The van der Waals surface area contributed by atoms with Crippen LogP contribution >= 0.6 is 0 Å². The zero-order valence-electron chi connectivity index (χ0n) is 8.10. The topological polar surface area (TPSA) is 63.5 Å². The first-order valence-electron chi connectivity index (χ1n) is 4.42. The number of amides is 1. The predicted octanol–water partition coefficient (Wildman–Crippen LogP) is 0.653. The maximum absolute atomic E-state index is 11.8. The Bertz CT molecular complexity index is 574. The number of nitrogens with zero attached hydrogens (tertiary/aromatic N) is 2. The Morgan fingerprint density at radius 2 is 2.27 bits per heavy atom. The van der Waals surface area contributed by atoms with Gasteiger partial charge in [0.25, 0.3) is 5.56 Å². The van der Waals surface area contributed by atoms with E-state index in [2.05, 4.69) is 10.3 Å². The summed E-state index contributed by atoms with van der Waals surface area (Å²) in [6.07, 6.45) is 2.97. The molecule has 0 aliphatic rings. The highest BCUT2D eigenvalue weighted by molar-refractivity contribution is 5.88. The van der Waals surface area contributed by atoms with Gasteiger partial charge in [0.1, 0.15) is 11.3 Å². The highest BCUT2D eigenvalue weighted by Gasteiger charge is 2.04. The van der Waals surface area contributed by atoms with E-state index < -0.39 is 0 Å². The molecule has 1 N–H and O–H groups in total. The number of carbonyl (C=O) groups excluding carboxylic acids is 1. The summed E-state index contributed by atoms with van der Waals surface area (Å²) >= 11 is 0. The van der Waals surface area contributed by atoms with Crippen molar-refractivity contribution < 1.29 is 4.79 Å². The number of carbonyl (C=O) groups is 1. The zero-order valence-corrected chi connectivity index (χ0v) is 8.10. The maximum Gasteiger partial charge on any atom is 0.281 e. The van der Waals surface area contributed by atoms with Crippen molar-refractivity contribution in [1.82, 2.24) is 9.38 Å². The van der Waals surface area contributed by atoms with Crippen molar-refractivity contribution in [2.75, 3.05) is 5.32 Å². The minimum absolute atomic E-state index is 0.186. The second kappa shape index (κ2) is 3.53. The molecule has 1 amide bonds. The fourth-order valence-electron chi connectivity index (χ4n) is 1.30. The van der Waals surface area contributed by atoms with Crippen molar-refractivity contribution >= 4 is 17.2 Å². The van der Waals surface area contributed by atoms with E-state index in [-0.39, 0.29) is 17.2 Å². The van der Waals surface area contributed by atoms with Crippen molar-refractivity contribution in [3.8, 4) is 0 Å². The van der Waals surface area contributed by atoms with Crippen molar-refractivity contribution in [1.29, 1.82) is 0 Å². The second-order valence-corrected chi connectivity index (χ2v) is 3.09. The zero-order chi connectivity index (χ0) is 10.8. The lowest BCUT2D eigenvalue weighted by Gasteiger charge is -2.03. The van der Waals surface area contributed by atoms with Gasteiger partial charge in [-0.25, -0.2) is 4.98 Å². The van der Waals surface area contributed by atoms with Gasteiger partial charge in [0.05, 0.1) is 6.20 Å². The molecule has 2 rings (SSSR count). The fourth-order valence-corrected chi connectivity index (χ4v) is 1.30. The highest BCUT2D eigenvalue weighted by Crippen LogP contribution is 2.00. The Balaban J connectivity index is 2.65. The van der Waals surface area contributed by atoms with Crippen LogP contribution in [0, 0.1) is 0 Å². The first-order chi connectivity index (χ1) is 7.18. The van der Waals surface area contributed by atoms with E-state index >= 15 is 0 Å². The van der Waals surface area contributed by atoms with Gasteiger partial charge < -0.3 is 5.32 Å². The molecule has 0 saturated heterocycles. The first kappa shape index (κ1) is 9.39. The summed E-state index contributed by atoms with van der Waals surface area (Å²) in [6.45, 7) is 1.35. The van der Waals surface area contributed by atoms with Gasteiger partial charge in [-0.2, -0.15) is 0 Å². The molecule has 2 aromatic rings. The van der Waals surface area contributed by atoms with Crippen LogP contribution in [0.5, 0.6) is 0 Å². The van der Waals surface area contributed by atoms with Crippen molar-refractivity contribution in [2.24, 2.45) is 0 Å². The monoisotopic (exact) mass is 203 g/mol. The van der Waals surface area contributed by atoms with Crippen molar-refractivity contribution in [2.45, 2.75) is 6.92 Å². The van der Waals surface area contributed by atoms with Crippen LogP contribution in [0.3, 0.4) is 0 Å². The van der Waals surface area contributed by atoms with E-state index in [4.69, 9.17) is 0 Å². The third kappa shape index (κ3) is 1.71. The van der Waals surface area contributed by atoms with E-state index in [1.807, 2.05) is 0 Å². The Labute approximate surface area is 85.4 Å². The normalized spacial score (nSPS) is 10.2. The van der Waals surface area contributed by atoms with Gasteiger partial charge >= 0.3 is 0 Å². The Kier molecular flexibility index (Phi) is 2.21. The number of rotatable bonds is 1. The van der Waals surface area contributed by atoms with Crippen LogP contribution in [0.2, 0.25) is 0 Å². The Morgan fingerprint density at radius 1 is 1.47 bits per heavy atom. The quantitative estimate of drug-likeness (QED) is 0.740. The molecule has 0 atom stereocenters. The molecule has 0 saturated carbocycles. The molecule has 2 heterocycles. The molecule has 5 nitrogen and oxygen atoms in total. The summed E-state index contributed by atoms with van der Waals surface area (Å²) in [5.74, 6) is -0.287. The standard InChI is InChI=1S/C10H9N3O2/c1-7(14)12-8-6-11-9-4-2-3-5-13(9)10(8)15/h2-6H,1H3,(H,12,14). The fraction of sp³-hybridized carbons (Fsp3) is 0.100. The average molecular weight is 203 g/mol. The lowest BCUT2D eigenvalue weighted by Crippen LogP contribution is -2.21. The summed E-state index contributed by atoms with van der Waals surface area (Å²) in [5.41, 5.74) is 0.457. The third-order valence-corrected chi connectivity index (χ3v) is 1.92. The number of aromatic nitrogens is 2. The molecule has 0 aliphatic carbocycles. The molecule has 0 spiro atoms. The molecule has 2 aromatic heterocycles. The number of fused-ring (bicyclic) bond motifs is 1. The van der Waals surface area contributed by atoms with E-state index in [1.54, 1.807) is 24.4 Å². The summed E-state index contributed by atoms with van der Waals surface area (Å²) in [7, 11) is 0. The minimum atomic E-state index is -0.287. The molecule has 76 valence electrons. The summed E-state index contributed by atoms with van der Waals surface area (Å²) in [4.78, 5) is 26.6. The number of hydrogen-bond donors (Lipinski definition) is 1. The SMILES string of the molecule is CC(=O)Nc1cnc2ccccn2c1=O. The molecule has 0 bridgehead atoms. The minimum Gasteiger partial charge on any atom is -0.320 e. The Morgan fingerprint density at radius 3 is 3.00 bits per heavy atom. The largest absolute Gasteiger partial charge is 0.320 e. The van der Waals surface area contributed by atoms with Gasteiger partial charge in [0.2, 0.25) is 5.91 Å². The predicted molar refractivity (Wildman–Crippen MR) is 55.8 cm³/mol. The number of nitrogens with one attached hydrogen (secondary N) is 1. The van der Waals surface area contributed by atoms with Crippen LogP contribution in [-0.4, -0.2) is 15.3 Å². The van der Waals surface area contributed by atoms with Gasteiger partial charge in [-0.15, -0.1) is 0 Å². The molecular formula is C10H9N3O2. The van der Waals surface area contributed by atoms with Crippen LogP contribution in [0.1, 0.15) is 6.92 Å². The molecule has 0 fully saturated rings. The van der Waals surface area contributed by atoms with Crippen molar-refractivity contribution in [3.05, 3.63) is 40.9 Å². The number of hydrogen-bond acceptors (Lipinski definition) is 3. The molecule has 15 heavy (non-hydrogen) atoms.